The van der Waals surface area contributed by atoms with Crippen LogP contribution in [0.25, 0.3) is 0 Å². The highest BCUT2D eigenvalue weighted by molar-refractivity contribution is 5.76. The van der Waals surface area contributed by atoms with E-state index in [1.54, 1.807) is 17.0 Å². The van der Waals surface area contributed by atoms with E-state index in [9.17, 15) is 9.18 Å². The van der Waals surface area contributed by atoms with E-state index in [0.717, 1.165) is 12.8 Å². The average Bonchev–Trinajstić information content (AvgIpc) is 3.12. The Balaban J connectivity index is 2.14. The summed E-state index contributed by atoms with van der Waals surface area (Å²) < 4.78 is 13.8. The third kappa shape index (κ3) is 2.33. The lowest BCUT2D eigenvalue weighted by atomic mass is 10.0. The molecular formula is C14H19FN2O. The Morgan fingerprint density at radius 2 is 1.94 bits per heavy atom. The molecule has 0 unspecified atom stereocenters. The zero-order chi connectivity index (χ0) is 13.2. The van der Waals surface area contributed by atoms with Crippen LogP contribution in [0.3, 0.4) is 0 Å². The third-order valence-electron chi connectivity index (χ3n) is 3.54. The molecule has 1 N–H and O–H groups in total. The van der Waals surface area contributed by atoms with Gasteiger partial charge >= 0.3 is 6.03 Å². The zero-order valence-electron chi connectivity index (χ0n) is 10.9. The van der Waals surface area contributed by atoms with Gasteiger partial charge in [-0.05, 0) is 32.8 Å². The molecule has 0 atom stereocenters. The second kappa shape index (κ2) is 4.96. The summed E-state index contributed by atoms with van der Waals surface area (Å²) in [6.45, 7) is 5.20. The second-order valence-electron chi connectivity index (χ2n) is 4.66. The first-order valence-corrected chi connectivity index (χ1v) is 6.45. The molecule has 1 saturated carbocycles. The molecule has 0 aromatic heterocycles. The van der Waals surface area contributed by atoms with Crippen molar-refractivity contribution < 1.29 is 9.18 Å². The number of amides is 2. The zero-order valence-corrected chi connectivity index (χ0v) is 10.9. The molecule has 0 radical (unpaired) electrons. The standard InChI is InChI=1S/C14H19FN2O/c1-3-17(4-2)13(18)16-14(9-10-14)11-7-5-6-8-12(11)15/h5-8H,3-4,9-10H2,1-2H3,(H,16,18). The van der Waals surface area contributed by atoms with Crippen molar-refractivity contribution in [1.82, 2.24) is 10.2 Å². The highest BCUT2D eigenvalue weighted by Gasteiger charge is 2.47. The maximum Gasteiger partial charge on any atom is 0.318 e. The molecule has 2 rings (SSSR count). The van der Waals surface area contributed by atoms with Crippen LogP contribution in [-0.2, 0) is 5.54 Å². The number of nitrogens with zero attached hydrogens (tertiary/aromatic N) is 1. The molecule has 0 bridgehead atoms. The number of halogens is 1. The van der Waals surface area contributed by atoms with Gasteiger partial charge in [-0.3, -0.25) is 0 Å². The first-order chi connectivity index (χ1) is 8.63. The van der Waals surface area contributed by atoms with Crippen LogP contribution in [0.4, 0.5) is 9.18 Å². The highest BCUT2D eigenvalue weighted by Crippen LogP contribution is 2.46. The van der Waals surface area contributed by atoms with Crippen molar-refractivity contribution in [3.05, 3.63) is 35.6 Å². The normalized spacial score (nSPS) is 16.2. The number of nitrogens with one attached hydrogen (secondary N) is 1. The van der Waals surface area contributed by atoms with Crippen LogP contribution in [0.5, 0.6) is 0 Å². The van der Waals surface area contributed by atoms with Crippen molar-refractivity contribution >= 4 is 6.03 Å². The molecule has 98 valence electrons. The van der Waals surface area contributed by atoms with Gasteiger partial charge < -0.3 is 10.2 Å². The Morgan fingerprint density at radius 1 is 1.33 bits per heavy atom. The third-order valence-corrected chi connectivity index (χ3v) is 3.54. The molecule has 0 aliphatic heterocycles. The number of carbonyl (C=O) groups is 1. The van der Waals surface area contributed by atoms with Crippen LogP contribution in [0.15, 0.2) is 24.3 Å². The van der Waals surface area contributed by atoms with Crippen molar-refractivity contribution in [3.8, 4) is 0 Å². The number of urea groups is 1. The maximum atomic E-state index is 13.8. The molecule has 4 heteroatoms. The van der Waals surface area contributed by atoms with Gasteiger partial charge in [0.25, 0.3) is 0 Å². The fourth-order valence-electron chi connectivity index (χ4n) is 2.23. The number of rotatable bonds is 4. The highest BCUT2D eigenvalue weighted by atomic mass is 19.1. The topological polar surface area (TPSA) is 32.3 Å². The van der Waals surface area contributed by atoms with Gasteiger partial charge in [-0.1, -0.05) is 18.2 Å². The van der Waals surface area contributed by atoms with Gasteiger partial charge in [0.1, 0.15) is 5.82 Å². The molecule has 0 saturated heterocycles. The van der Waals surface area contributed by atoms with Crippen LogP contribution < -0.4 is 5.32 Å². The average molecular weight is 250 g/mol. The molecule has 1 aromatic carbocycles. The van der Waals surface area contributed by atoms with Crippen LogP contribution in [-0.4, -0.2) is 24.0 Å². The predicted octanol–water partition coefficient (Wildman–Crippen LogP) is 2.87. The van der Waals surface area contributed by atoms with Crippen LogP contribution in [0.2, 0.25) is 0 Å². The molecular weight excluding hydrogens is 231 g/mol. The molecule has 1 aliphatic rings. The molecule has 0 spiro atoms. The van der Waals surface area contributed by atoms with Crippen molar-refractivity contribution in [2.45, 2.75) is 32.2 Å². The van der Waals surface area contributed by atoms with E-state index in [2.05, 4.69) is 5.32 Å². The van der Waals surface area contributed by atoms with Gasteiger partial charge in [0, 0.05) is 18.7 Å². The minimum atomic E-state index is -0.481. The van der Waals surface area contributed by atoms with Gasteiger partial charge in [-0.2, -0.15) is 0 Å². The van der Waals surface area contributed by atoms with Crippen molar-refractivity contribution in [3.63, 3.8) is 0 Å². The van der Waals surface area contributed by atoms with E-state index in [1.807, 2.05) is 19.9 Å². The lowest BCUT2D eigenvalue weighted by molar-refractivity contribution is 0.197. The predicted molar refractivity (Wildman–Crippen MR) is 68.8 cm³/mol. The molecule has 1 aliphatic carbocycles. The molecule has 1 fully saturated rings. The van der Waals surface area contributed by atoms with Crippen LogP contribution in [0, 0.1) is 5.82 Å². The number of hydrogen-bond donors (Lipinski definition) is 1. The van der Waals surface area contributed by atoms with Crippen molar-refractivity contribution in [2.75, 3.05) is 13.1 Å². The summed E-state index contributed by atoms with van der Waals surface area (Å²) in [6, 6.07) is 6.56. The van der Waals surface area contributed by atoms with Gasteiger partial charge in [0.05, 0.1) is 5.54 Å². The van der Waals surface area contributed by atoms with E-state index < -0.39 is 5.54 Å². The minimum Gasteiger partial charge on any atom is -0.328 e. The smallest absolute Gasteiger partial charge is 0.318 e. The molecule has 3 nitrogen and oxygen atoms in total. The Morgan fingerprint density at radius 3 is 2.44 bits per heavy atom. The summed E-state index contributed by atoms with van der Waals surface area (Å²) in [5.74, 6) is -0.241. The molecule has 0 heterocycles. The largest absolute Gasteiger partial charge is 0.328 e. The van der Waals surface area contributed by atoms with Gasteiger partial charge in [-0.15, -0.1) is 0 Å². The first-order valence-electron chi connectivity index (χ1n) is 6.45. The Labute approximate surface area is 107 Å². The van der Waals surface area contributed by atoms with Gasteiger partial charge in [-0.25, -0.2) is 9.18 Å². The van der Waals surface area contributed by atoms with E-state index in [1.165, 1.54) is 6.07 Å². The van der Waals surface area contributed by atoms with Gasteiger partial charge in [0.15, 0.2) is 0 Å². The minimum absolute atomic E-state index is 0.110. The van der Waals surface area contributed by atoms with E-state index >= 15 is 0 Å². The van der Waals surface area contributed by atoms with Crippen LogP contribution >= 0.6 is 0 Å². The quantitative estimate of drug-likeness (QED) is 0.875. The van der Waals surface area contributed by atoms with E-state index in [0.29, 0.717) is 18.7 Å². The summed E-state index contributed by atoms with van der Waals surface area (Å²) in [6.07, 6.45) is 1.61. The molecule has 1 aromatic rings. The number of benzene rings is 1. The van der Waals surface area contributed by atoms with Gasteiger partial charge in [0.2, 0.25) is 0 Å². The number of hydrogen-bond acceptors (Lipinski definition) is 1. The fraction of sp³-hybridized carbons (Fsp3) is 0.500. The maximum absolute atomic E-state index is 13.8. The van der Waals surface area contributed by atoms with E-state index in [4.69, 9.17) is 0 Å². The van der Waals surface area contributed by atoms with Crippen molar-refractivity contribution in [2.24, 2.45) is 0 Å². The molecule has 2 amide bonds. The lowest BCUT2D eigenvalue weighted by Crippen LogP contribution is -2.45. The molecule has 18 heavy (non-hydrogen) atoms. The first kappa shape index (κ1) is 12.9. The lowest BCUT2D eigenvalue weighted by Gasteiger charge is -2.25. The van der Waals surface area contributed by atoms with Crippen LogP contribution in [0.1, 0.15) is 32.3 Å². The Kier molecular flexibility index (Phi) is 3.55. The van der Waals surface area contributed by atoms with E-state index in [-0.39, 0.29) is 11.8 Å². The fourth-order valence-corrected chi connectivity index (χ4v) is 2.23. The SMILES string of the molecule is CCN(CC)C(=O)NC1(c2ccccc2F)CC1. The summed E-state index contributed by atoms with van der Waals surface area (Å²) in [4.78, 5) is 13.7. The summed E-state index contributed by atoms with van der Waals surface area (Å²) in [7, 11) is 0. The summed E-state index contributed by atoms with van der Waals surface area (Å²) in [5.41, 5.74) is 0.121. The Bertz CT molecular complexity index is 439. The summed E-state index contributed by atoms with van der Waals surface area (Å²) >= 11 is 0. The van der Waals surface area contributed by atoms with Crippen molar-refractivity contribution in [1.29, 1.82) is 0 Å². The Hall–Kier alpha value is -1.58. The summed E-state index contributed by atoms with van der Waals surface area (Å²) in [5, 5.41) is 2.97. The number of carbonyl (C=O) groups excluding carboxylic acids is 1. The monoisotopic (exact) mass is 250 g/mol. The second-order valence-corrected chi connectivity index (χ2v) is 4.66.